The number of benzene rings is 1. The molecule has 188 valence electrons. The third-order valence-corrected chi connectivity index (χ3v) is 7.23. The van der Waals surface area contributed by atoms with Gasteiger partial charge in [0.25, 0.3) is 11.5 Å². The number of anilines is 1. The molecule has 1 N–H and O–H groups in total. The number of hydrogen-bond acceptors (Lipinski definition) is 8. The van der Waals surface area contributed by atoms with Gasteiger partial charge in [0.2, 0.25) is 0 Å². The molecule has 3 aromatic rings. The number of thiocarbonyl (C=S) groups is 1. The summed E-state index contributed by atoms with van der Waals surface area (Å²) in [5.74, 6) is 1.52. The maximum absolute atomic E-state index is 13.4. The van der Waals surface area contributed by atoms with E-state index in [1.54, 1.807) is 31.4 Å². The van der Waals surface area contributed by atoms with E-state index in [9.17, 15) is 9.59 Å². The van der Waals surface area contributed by atoms with Crippen molar-refractivity contribution in [1.29, 1.82) is 0 Å². The minimum absolute atomic E-state index is 0.222. The maximum Gasteiger partial charge on any atom is 0.267 e. The van der Waals surface area contributed by atoms with Crippen LogP contribution in [0.2, 0.25) is 0 Å². The van der Waals surface area contributed by atoms with E-state index in [1.165, 1.54) is 16.2 Å². The van der Waals surface area contributed by atoms with Gasteiger partial charge < -0.3 is 14.8 Å². The molecule has 1 aliphatic heterocycles. The Kier molecular flexibility index (Phi) is 7.95. The quantitative estimate of drug-likeness (QED) is 0.328. The molecule has 0 aliphatic carbocycles. The lowest BCUT2D eigenvalue weighted by atomic mass is 10.1. The van der Waals surface area contributed by atoms with Gasteiger partial charge in [-0.2, -0.15) is 0 Å². The van der Waals surface area contributed by atoms with Crippen molar-refractivity contribution in [3.05, 3.63) is 68.5 Å². The Morgan fingerprint density at radius 1 is 1.17 bits per heavy atom. The first-order valence-electron chi connectivity index (χ1n) is 11.6. The molecule has 2 aromatic heterocycles. The van der Waals surface area contributed by atoms with Crippen LogP contribution in [0, 0.1) is 6.92 Å². The number of amides is 1. The largest absolute Gasteiger partial charge is 0.493 e. The number of ether oxygens (including phenoxy) is 2. The van der Waals surface area contributed by atoms with Crippen LogP contribution in [0.3, 0.4) is 0 Å². The topological polar surface area (TPSA) is 85.2 Å². The molecule has 0 unspecified atom stereocenters. The summed E-state index contributed by atoms with van der Waals surface area (Å²) in [6.45, 7) is 5.01. The van der Waals surface area contributed by atoms with Gasteiger partial charge in [-0.3, -0.25) is 18.9 Å². The molecule has 0 saturated carbocycles. The molecule has 0 spiro atoms. The summed E-state index contributed by atoms with van der Waals surface area (Å²) in [7, 11) is 3.18. The fraction of sp³-hybridized carbons (Fsp3) is 0.308. The number of fused-ring (bicyclic) bond motifs is 1. The molecule has 0 atom stereocenters. The first-order chi connectivity index (χ1) is 17.4. The second kappa shape index (κ2) is 11.1. The van der Waals surface area contributed by atoms with Gasteiger partial charge >= 0.3 is 0 Å². The molecular weight excluding hydrogens is 496 g/mol. The Morgan fingerprint density at radius 3 is 2.67 bits per heavy atom. The molecule has 36 heavy (non-hydrogen) atoms. The molecule has 1 amide bonds. The lowest BCUT2D eigenvalue weighted by Gasteiger charge is -2.15. The Hall–Kier alpha value is -3.37. The summed E-state index contributed by atoms with van der Waals surface area (Å²) >= 11 is 6.71. The highest BCUT2D eigenvalue weighted by Gasteiger charge is 2.32. The van der Waals surface area contributed by atoms with Crippen LogP contribution in [0.4, 0.5) is 5.82 Å². The first kappa shape index (κ1) is 25.7. The molecule has 1 aliphatic rings. The lowest BCUT2D eigenvalue weighted by Crippen LogP contribution is -2.30. The number of thioether (sulfide) groups is 1. The molecule has 3 heterocycles. The van der Waals surface area contributed by atoms with Crippen LogP contribution in [0.25, 0.3) is 11.7 Å². The maximum atomic E-state index is 13.4. The highest BCUT2D eigenvalue weighted by Crippen LogP contribution is 2.34. The van der Waals surface area contributed by atoms with Gasteiger partial charge in [0.1, 0.15) is 15.8 Å². The number of nitrogens with zero attached hydrogens (tertiary/aromatic N) is 3. The zero-order valence-electron chi connectivity index (χ0n) is 20.7. The number of nitrogens with one attached hydrogen (secondary N) is 1. The van der Waals surface area contributed by atoms with E-state index in [0.717, 1.165) is 17.5 Å². The molecule has 1 fully saturated rings. The normalized spacial score (nSPS) is 14.7. The van der Waals surface area contributed by atoms with Crippen molar-refractivity contribution in [3.8, 4) is 11.5 Å². The summed E-state index contributed by atoms with van der Waals surface area (Å²) in [6.07, 6.45) is 4.75. The third-order valence-electron chi connectivity index (χ3n) is 5.85. The van der Waals surface area contributed by atoms with Crippen LogP contribution in [-0.4, -0.2) is 51.8 Å². The molecule has 0 bridgehead atoms. The van der Waals surface area contributed by atoms with Crippen LogP contribution < -0.4 is 20.3 Å². The number of rotatable bonds is 9. The van der Waals surface area contributed by atoms with Crippen molar-refractivity contribution < 1.29 is 14.3 Å². The molecule has 0 radical (unpaired) electrons. The van der Waals surface area contributed by atoms with Gasteiger partial charge in [0.15, 0.2) is 11.5 Å². The zero-order valence-corrected chi connectivity index (χ0v) is 22.3. The molecule has 4 rings (SSSR count). The van der Waals surface area contributed by atoms with Gasteiger partial charge in [-0.1, -0.05) is 43.0 Å². The number of hydrogen-bond donors (Lipinski definition) is 1. The number of aromatic nitrogens is 2. The van der Waals surface area contributed by atoms with Gasteiger partial charge in [-0.15, -0.1) is 0 Å². The predicted octanol–water partition coefficient (Wildman–Crippen LogP) is 4.29. The second-order valence-electron chi connectivity index (χ2n) is 8.26. The van der Waals surface area contributed by atoms with Crippen molar-refractivity contribution in [2.75, 3.05) is 32.6 Å². The lowest BCUT2D eigenvalue weighted by molar-refractivity contribution is -0.122. The van der Waals surface area contributed by atoms with Crippen molar-refractivity contribution >= 4 is 51.7 Å². The van der Waals surface area contributed by atoms with E-state index in [1.807, 2.05) is 44.2 Å². The molecule has 1 saturated heterocycles. The van der Waals surface area contributed by atoms with E-state index in [2.05, 4.69) is 5.32 Å². The van der Waals surface area contributed by atoms with Crippen LogP contribution in [-0.2, 0) is 11.2 Å². The molecule has 1 aromatic carbocycles. The average Bonchev–Trinajstić information content (AvgIpc) is 3.15. The van der Waals surface area contributed by atoms with Crippen LogP contribution >= 0.6 is 24.0 Å². The van der Waals surface area contributed by atoms with E-state index in [0.29, 0.717) is 57.3 Å². The summed E-state index contributed by atoms with van der Waals surface area (Å²) in [4.78, 5) is 33.3. The van der Waals surface area contributed by atoms with Gasteiger partial charge in [-0.05, 0) is 55.2 Å². The van der Waals surface area contributed by atoms with Gasteiger partial charge in [0.05, 0.1) is 24.7 Å². The summed E-state index contributed by atoms with van der Waals surface area (Å²) in [6, 6.07) is 9.38. The van der Waals surface area contributed by atoms with Gasteiger partial charge in [0, 0.05) is 19.3 Å². The predicted molar refractivity (Wildman–Crippen MR) is 148 cm³/mol. The Bertz CT molecular complexity index is 1420. The minimum atomic E-state index is -0.238. The monoisotopic (exact) mass is 524 g/mol. The van der Waals surface area contributed by atoms with E-state index < -0.39 is 0 Å². The number of carbonyl (C=O) groups excluding carboxylic acids is 1. The van der Waals surface area contributed by atoms with E-state index in [-0.39, 0.29) is 11.5 Å². The van der Waals surface area contributed by atoms with Crippen molar-refractivity contribution in [2.45, 2.75) is 26.7 Å². The summed E-state index contributed by atoms with van der Waals surface area (Å²) < 4.78 is 12.6. The fourth-order valence-corrected chi connectivity index (χ4v) is 5.21. The van der Waals surface area contributed by atoms with Crippen LogP contribution in [0.5, 0.6) is 11.5 Å². The Labute approximate surface area is 219 Å². The molecule has 8 nitrogen and oxygen atoms in total. The Balaban J connectivity index is 1.62. The van der Waals surface area contributed by atoms with Crippen molar-refractivity contribution in [2.24, 2.45) is 0 Å². The summed E-state index contributed by atoms with van der Waals surface area (Å²) in [5, 5.41) is 3.24. The smallest absolute Gasteiger partial charge is 0.267 e. The highest BCUT2D eigenvalue weighted by atomic mass is 32.2. The number of carbonyl (C=O) groups is 1. The zero-order chi connectivity index (χ0) is 25.8. The van der Waals surface area contributed by atoms with Gasteiger partial charge in [-0.25, -0.2) is 4.98 Å². The SMILES string of the molecule is CCCNc1nc2c(C)cccn2c(=O)c1/C=C1/SC(=S)N(CCc2ccc(OC)c(OC)c2)C1=O. The van der Waals surface area contributed by atoms with Crippen LogP contribution in [0.1, 0.15) is 30.0 Å². The standard InChI is InChI=1S/C26H28N4O4S2/c1-5-11-27-22-18(24(31)29-12-6-7-16(2)23(29)28-22)15-21-25(32)30(26(35)36-21)13-10-17-8-9-19(33-3)20(14-17)34-4/h6-9,12,14-15,27H,5,10-11,13H2,1-4H3/b21-15+. The number of pyridine rings is 1. The average molecular weight is 525 g/mol. The van der Waals surface area contributed by atoms with E-state index in [4.69, 9.17) is 26.7 Å². The summed E-state index contributed by atoms with van der Waals surface area (Å²) in [5.41, 5.74) is 2.57. The van der Waals surface area contributed by atoms with Crippen LogP contribution in [0.15, 0.2) is 46.2 Å². The first-order valence-corrected chi connectivity index (χ1v) is 12.8. The minimum Gasteiger partial charge on any atom is -0.493 e. The highest BCUT2D eigenvalue weighted by molar-refractivity contribution is 8.26. The second-order valence-corrected chi connectivity index (χ2v) is 9.94. The molecule has 10 heteroatoms. The number of aryl methyl sites for hydroxylation is 1. The fourth-order valence-electron chi connectivity index (χ4n) is 3.92. The van der Waals surface area contributed by atoms with E-state index >= 15 is 0 Å². The third kappa shape index (κ3) is 5.10. The number of methoxy groups -OCH3 is 2. The Morgan fingerprint density at radius 2 is 1.94 bits per heavy atom. The van der Waals surface area contributed by atoms with Crippen molar-refractivity contribution in [1.82, 2.24) is 14.3 Å². The molecular formula is C26H28N4O4S2. The van der Waals surface area contributed by atoms with Crippen molar-refractivity contribution in [3.63, 3.8) is 0 Å².